The molecule has 0 saturated carbocycles. The Hall–Kier alpha value is -1.06. The lowest BCUT2D eigenvalue weighted by atomic mass is 10.0. The fraction of sp³-hybridized carbons (Fsp3) is 0.846. The van der Waals surface area contributed by atoms with Crippen LogP contribution in [0, 0.1) is 5.92 Å². The van der Waals surface area contributed by atoms with Crippen molar-refractivity contribution in [2.45, 2.75) is 66.1 Å². The molecule has 0 heterocycles. The van der Waals surface area contributed by atoms with E-state index >= 15 is 0 Å². The largest absolute Gasteiger partial charge is 0.462 e. The van der Waals surface area contributed by atoms with E-state index in [1.807, 2.05) is 6.92 Å². The summed E-state index contributed by atoms with van der Waals surface area (Å²) in [7, 11) is 0. The number of esters is 2. The zero-order valence-corrected chi connectivity index (χ0v) is 11.5. The van der Waals surface area contributed by atoms with Gasteiger partial charge >= 0.3 is 11.9 Å². The van der Waals surface area contributed by atoms with Crippen molar-refractivity contribution in [3.63, 3.8) is 0 Å². The highest BCUT2D eigenvalue weighted by atomic mass is 16.6. The SMILES string of the molecule is CCCCC(C(=O)OC(C)C)C(=O)OC(C)C. The molecule has 4 nitrogen and oxygen atoms in total. The van der Waals surface area contributed by atoms with Crippen LogP contribution in [0.4, 0.5) is 0 Å². The molecule has 17 heavy (non-hydrogen) atoms. The molecule has 100 valence electrons. The number of rotatable bonds is 7. The molecule has 0 aromatic heterocycles. The number of carbonyl (C=O) groups is 2. The van der Waals surface area contributed by atoms with Gasteiger partial charge in [-0.15, -0.1) is 0 Å². The summed E-state index contributed by atoms with van der Waals surface area (Å²) in [5, 5.41) is 0. The maximum Gasteiger partial charge on any atom is 0.320 e. The third kappa shape index (κ3) is 6.97. The normalized spacial score (nSPS) is 11.1. The molecule has 0 fully saturated rings. The average molecular weight is 244 g/mol. The van der Waals surface area contributed by atoms with Crippen molar-refractivity contribution >= 4 is 11.9 Å². The summed E-state index contributed by atoms with van der Waals surface area (Å²) in [6.45, 7) is 9.08. The Bertz CT molecular complexity index is 224. The van der Waals surface area contributed by atoms with E-state index in [9.17, 15) is 9.59 Å². The van der Waals surface area contributed by atoms with Gasteiger partial charge in [0, 0.05) is 0 Å². The summed E-state index contributed by atoms with van der Waals surface area (Å²) >= 11 is 0. The molecule has 0 spiro atoms. The molecule has 0 aliphatic heterocycles. The Morgan fingerprint density at radius 2 is 1.35 bits per heavy atom. The summed E-state index contributed by atoms with van der Waals surface area (Å²) < 4.78 is 10.1. The van der Waals surface area contributed by atoms with E-state index in [1.54, 1.807) is 27.7 Å². The molecular formula is C13H24O4. The second-order valence-corrected chi connectivity index (χ2v) is 4.67. The van der Waals surface area contributed by atoms with Gasteiger partial charge in [-0.2, -0.15) is 0 Å². The van der Waals surface area contributed by atoms with Gasteiger partial charge < -0.3 is 9.47 Å². The Labute approximate surface area is 104 Å². The van der Waals surface area contributed by atoms with Crippen LogP contribution in [-0.4, -0.2) is 24.1 Å². The number of hydrogen-bond donors (Lipinski definition) is 0. The van der Waals surface area contributed by atoms with Crippen molar-refractivity contribution in [2.24, 2.45) is 5.92 Å². The first-order valence-corrected chi connectivity index (χ1v) is 6.29. The molecule has 4 heteroatoms. The van der Waals surface area contributed by atoms with E-state index in [1.165, 1.54) is 0 Å². The van der Waals surface area contributed by atoms with Gasteiger partial charge in [-0.1, -0.05) is 19.8 Å². The minimum absolute atomic E-state index is 0.210. The first kappa shape index (κ1) is 15.9. The van der Waals surface area contributed by atoms with Crippen LogP contribution in [0.1, 0.15) is 53.9 Å². The maximum absolute atomic E-state index is 11.8. The number of hydrogen-bond acceptors (Lipinski definition) is 4. The summed E-state index contributed by atoms with van der Waals surface area (Å²) in [5.74, 6) is -1.72. The van der Waals surface area contributed by atoms with E-state index in [0.717, 1.165) is 12.8 Å². The van der Waals surface area contributed by atoms with Crippen LogP contribution >= 0.6 is 0 Å². The van der Waals surface area contributed by atoms with E-state index in [-0.39, 0.29) is 12.2 Å². The van der Waals surface area contributed by atoms with Crippen LogP contribution in [0.25, 0.3) is 0 Å². The second-order valence-electron chi connectivity index (χ2n) is 4.67. The van der Waals surface area contributed by atoms with Crippen molar-refractivity contribution in [3.8, 4) is 0 Å². The molecular weight excluding hydrogens is 220 g/mol. The molecule has 0 bridgehead atoms. The zero-order chi connectivity index (χ0) is 13.4. The highest BCUT2D eigenvalue weighted by Crippen LogP contribution is 2.15. The molecule has 0 rings (SSSR count). The van der Waals surface area contributed by atoms with Crippen LogP contribution in [0.3, 0.4) is 0 Å². The topological polar surface area (TPSA) is 52.6 Å². The molecule has 0 aliphatic rings. The van der Waals surface area contributed by atoms with E-state index in [0.29, 0.717) is 6.42 Å². The van der Waals surface area contributed by atoms with Gasteiger partial charge in [0.2, 0.25) is 0 Å². The minimum atomic E-state index is -0.778. The highest BCUT2D eigenvalue weighted by Gasteiger charge is 2.30. The van der Waals surface area contributed by atoms with Crippen molar-refractivity contribution in [2.75, 3.05) is 0 Å². The van der Waals surface area contributed by atoms with Crippen molar-refractivity contribution in [1.82, 2.24) is 0 Å². The highest BCUT2D eigenvalue weighted by molar-refractivity contribution is 5.95. The molecule has 0 N–H and O–H groups in total. The van der Waals surface area contributed by atoms with Gasteiger partial charge in [-0.25, -0.2) is 0 Å². The van der Waals surface area contributed by atoms with Gasteiger partial charge in [0.15, 0.2) is 5.92 Å². The summed E-state index contributed by atoms with van der Waals surface area (Å²) in [6.07, 6.45) is 1.82. The standard InChI is InChI=1S/C13H24O4/c1-6-7-8-11(12(14)16-9(2)3)13(15)17-10(4)5/h9-11H,6-8H2,1-5H3. The monoisotopic (exact) mass is 244 g/mol. The fourth-order valence-corrected chi connectivity index (χ4v) is 1.37. The van der Waals surface area contributed by atoms with Gasteiger partial charge in [0.25, 0.3) is 0 Å². The fourth-order valence-electron chi connectivity index (χ4n) is 1.37. The smallest absolute Gasteiger partial charge is 0.320 e. The summed E-state index contributed by atoms with van der Waals surface area (Å²) in [5.41, 5.74) is 0. The molecule has 0 radical (unpaired) electrons. The Morgan fingerprint density at radius 3 is 1.65 bits per heavy atom. The van der Waals surface area contributed by atoms with Crippen LogP contribution in [-0.2, 0) is 19.1 Å². The Kier molecular flexibility index (Phi) is 7.59. The van der Waals surface area contributed by atoms with Crippen LogP contribution in [0.5, 0.6) is 0 Å². The molecule has 0 saturated heterocycles. The van der Waals surface area contributed by atoms with Crippen molar-refractivity contribution in [3.05, 3.63) is 0 Å². The van der Waals surface area contributed by atoms with Crippen LogP contribution in [0.15, 0.2) is 0 Å². The number of ether oxygens (including phenoxy) is 2. The van der Waals surface area contributed by atoms with Crippen molar-refractivity contribution < 1.29 is 19.1 Å². The zero-order valence-electron chi connectivity index (χ0n) is 11.5. The quantitative estimate of drug-likeness (QED) is 0.510. The molecule has 0 unspecified atom stereocenters. The number of unbranched alkanes of at least 4 members (excludes halogenated alkanes) is 1. The van der Waals surface area contributed by atoms with Gasteiger partial charge in [-0.3, -0.25) is 9.59 Å². The predicted molar refractivity (Wildman–Crippen MR) is 65.5 cm³/mol. The third-order valence-corrected chi connectivity index (χ3v) is 2.12. The minimum Gasteiger partial charge on any atom is -0.462 e. The van der Waals surface area contributed by atoms with E-state index in [4.69, 9.17) is 9.47 Å². The molecule has 0 aromatic rings. The van der Waals surface area contributed by atoms with E-state index in [2.05, 4.69) is 0 Å². The lowest BCUT2D eigenvalue weighted by Gasteiger charge is -2.18. The number of carbonyl (C=O) groups excluding carboxylic acids is 2. The first-order chi connectivity index (χ1) is 7.88. The molecule has 0 aromatic carbocycles. The second kappa shape index (κ2) is 8.09. The van der Waals surface area contributed by atoms with Gasteiger partial charge in [0.1, 0.15) is 0 Å². The molecule has 0 aliphatic carbocycles. The predicted octanol–water partition coefficient (Wildman–Crippen LogP) is 2.70. The summed E-state index contributed by atoms with van der Waals surface area (Å²) in [6, 6.07) is 0. The average Bonchev–Trinajstić information content (AvgIpc) is 2.15. The lowest BCUT2D eigenvalue weighted by molar-refractivity contribution is -0.166. The van der Waals surface area contributed by atoms with Crippen LogP contribution in [0.2, 0.25) is 0 Å². The van der Waals surface area contributed by atoms with Crippen LogP contribution < -0.4 is 0 Å². The molecule has 0 amide bonds. The summed E-state index contributed by atoms with van der Waals surface area (Å²) in [4.78, 5) is 23.5. The lowest BCUT2D eigenvalue weighted by Crippen LogP contribution is -2.31. The Balaban J connectivity index is 4.50. The maximum atomic E-state index is 11.8. The van der Waals surface area contributed by atoms with Crippen molar-refractivity contribution in [1.29, 1.82) is 0 Å². The van der Waals surface area contributed by atoms with E-state index < -0.39 is 17.9 Å². The van der Waals surface area contributed by atoms with Gasteiger partial charge in [-0.05, 0) is 34.1 Å². The first-order valence-electron chi connectivity index (χ1n) is 6.29. The Morgan fingerprint density at radius 1 is 0.941 bits per heavy atom. The molecule has 0 atom stereocenters. The van der Waals surface area contributed by atoms with Gasteiger partial charge in [0.05, 0.1) is 12.2 Å². The third-order valence-electron chi connectivity index (χ3n) is 2.12.